The molecule has 0 saturated heterocycles. The molecule has 4 aromatic rings. The van der Waals surface area contributed by atoms with E-state index in [2.05, 4.69) is 25.7 Å². The third-order valence-electron chi connectivity index (χ3n) is 3.98. The minimum absolute atomic E-state index is 0.220. The van der Waals surface area contributed by atoms with Gasteiger partial charge in [-0.05, 0) is 23.6 Å². The topological polar surface area (TPSA) is 126 Å². The summed E-state index contributed by atoms with van der Waals surface area (Å²) in [6.07, 6.45) is 1.65. The molecule has 0 atom stereocenters. The predicted octanol–water partition coefficient (Wildman–Crippen LogP) is 1.97. The average molecular weight is 346 g/mol. The van der Waals surface area contributed by atoms with Gasteiger partial charge in [0.2, 0.25) is 5.95 Å². The van der Waals surface area contributed by atoms with Crippen LogP contribution in [-0.4, -0.2) is 26.8 Å². The zero-order valence-corrected chi connectivity index (χ0v) is 13.5. The number of benzene rings is 2. The quantitative estimate of drug-likeness (QED) is 0.256. The number of nitrogens with one attached hydrogen (secondary N) is 3. The Balaban J connectivity index is 1.65. The second-order valence-corrected chi connectivity index (χ2v) is 5.63. The van der Waals surface area contributed by atoms with E-state index in [0.717, 1.165) is 10.8 Å². The summed E-state index contributed by atoms with van der Waals surface area (Å²) in [5.74, 6) is 4.54. The lowest BCUT2D eigenvalue weighted by molar-refractivity contribution is 0.0954. The smallest absolute Gasteiger partial charge is 0.276 e. The van der Waals surface area contributed by atoms with Gasteiger partial charge in [-0.2, -0.15) is 0 Å². The minimum atomic E-state index is -0.462. The van der Waals surface area contributed by atoms with Crippen molar-refractivity contribution in [2.75, 3.05) is 5.32 Å². The number of imidazole rings is 1. The van der Waals surface area contributed by atoms with Crippen molar-refractivity contribution < 1.29 is 9.59 Å². The van der Waals surface area contributed by atoms with Gasteiger partial charge in [0.05, 0.1) is 11.1 Å². The van der Waals surface area contributed by atoms with Gasteiger partial charge >= 0.3 is 0 Å². The van der Waals surface area contributed by atoms with Gasteiger partial charge in [0.1, 0.15) is 11.2 Å². The molecule has 26 heavy (non-hydrogen) atoms. The number of hydrazine groups is 1. The zero-order valence-electron chi connectivity index (χ0n) is 13.5. The molecule has 8 nitrogen and oxygen atoms in total. The van der Waals surface area contributed by atoms with Crippen molar-refractivity contribution in [2.45, 2.75) is 0 Å². The van der Waals surface area contributed by atoms with Gasteiger partial charge < -0.3 is 4.98 Å². The van der Waals surface area contributed by atoms with E-state index in [1.165, 1.54) is 0 Å². The number of amides is 2. The maximum absolute atomic E-state index is 12.5. The largest absolute Gasteiger partial charge is 0.324 e. The first-order valence-electron chi connectivity index (χ1n) is 7.81. The van der Waals surface area contributed by atoms with Gasteiger partial charge in [0.15, 0.2) is 0 Å². The molecule has 0 spiro atoms. The zero-order chi connectivity index (χ0) is 18.1. The van der Waals surface area contributed by atoms with E-state index in [9.17, 15) is 9.59 Å². The van der Waals surface area contributed by atoms with Crippen molar-refractivity contribution in [2.24, 2.45) is 5.84 Å². The van der Waals surface area contributed by atoms with Gasteiger partial charge in [0, 0.05) is 11.6 Å². The maximum Gasteiger partial charge on any atom is 0.276 e. The van der Waals surface area contributed by atoms with Gasteiger partial charge in [-0.1, -0.05) is 30.3 Å². The summed E-state index contributed by atoms with van der Waals surface area (Å²) in [7, 11) is 0. The van der Waals surface area contributed by atoms with Crippen LogP contribution >= 0.6 is 0 Å². The van der Waals surface area contributed by atoms with Crippen molar-refractivity contribution in [1.29, 1.82) is 0 Å². The summed E-state index contributed by atoms with van der Waals surface area (Å²) in [6, 6.07) is 14.4. The summed E-state index contributed by atoms with van der Waals surface area (Å²) in [5.41, 5.74) is 3.67. The lowest BCUT2D eigenvalue weighted by Crippen LogP contribution is -2.30. The van der Waals surface area contributed by atoms with Crippen molar-refractivity contribution in [1.82, 2.24) is 20.4 Å². The Labute approximate surface area is 147 Å². The van der Waals surface area contributed by atoms with Gasteiger partial charge in [-0.15, -0.1) is 0 Å². The van der Waals surface area contributed by atoms with Gasteiger partial charge in [0.25, 0.3) is 11.8 Å². The van der Waals surface area contributed by atoms with Gasteiger partial charge in [-0.3, -0.25) is 25.3 Å². The van der Waals surface area contributed by atoms with E-state index in [-0.39, 0.29) is 11.6 Å². The molecule has 8 heteroatoms. The number of anilines is 1. The Morgan fingerprint density at radius 3 is 2.62 bits per heavy atom. The van der Waals surface area contributed by atoms with Crippen LogP contribution in [0.2, 0.25) is 0 Å². The van der Waals surface area contributed by atoms with Crippen LogP contribution in [0.5, 0.6) is 0 Å². The number of para-hydroxylation sites is 1. The molecule has 0 aliphatic carbocycles. The monoisotopic (exact) mass is 346 g/mol. The summed E-state index contributed by atoms with van der Waals surface area (Å²) in [6.45, 7) is 0. The van der Waals surface area contributed by atoms with Crippen molar-refractivity contribution in [3.8, 4) is 0 Å². The molecule has 5 N–H and O–H groups in total. The number of hydrogen-bond acceptors (Lipinski definition) is 5. The van der Waals surface area contributed by atoms with Crippen LogP contribution in [0.4, 0.5) is 5.95 Å². The van der Waals surface area contributed by atoms with Gasteiger partial charge in [-0.25, -0.2) is 10.8 Å². The molecule has 4 rings (SSSR count). The molecule has 0 fully saturated rings. The number of carbonyl (C=O) groups is 2. The lowest BCUT2D eigenvalue weighted by Gasteiger charge is -2.03. The highest BCUT2D eigenvalue weighted by Gasteiger charge is 2.15. The SMILES string of the molecule is NNC(=O)c1cccc2[nH]c(NC(=O)c3cc4ccccc4cn3)nc12. The molecule has 128 valence electrons. The van der Waals surface area contributed by atoms with Crippen LogP contribution in [-0.2, 0) is 0 Å². The highest BCUT2D eigenvalue weighted by molar-refractivity contribution is 6.07. The first-order chi connectivity index (χ1) is 12.7. The second kappa shape index (κ2) is 6.26. The number of nitrogens with two attached hydrogens (primary N) is 1. The molecular weight excluding hydrogens is 332 g/mol. The van der Waals surface area contributed by atoms with E-state index >= 15 is 0 Å². The van der Waals surface area contributed by atoms with Crippen LogP contribution < -0.4 is 16.6 Å². The molecular formula is C18H14N6O2. The molecule has 2 aromatic carbocycles. The number of hydrogen-bond donors (Lipinski definition) is 4. The molecule has 0 saturated carbocycles. The van der Waals surface area contributed by atoms with E-state index < -0.39 is 11.8 Å². The first-order valence-corrected chi connectivity index (χ1v) is 7.81. The number of carbonyl (C=O) groups excluding carboxylic acids is 2. The maximum atomic E-state index is 12.5. The number of pyridine rings is 1. The summed E-state index contributed by atoms with van der Waals surface area (Å²) >= 11 is 0. The first kappa shape index (κ1) is 15.7. The number of rotatable bonds is 3. The third-order valence-corrected chi connectivity index (χ3v) is 3.98. The van der Waals surface area contributed by atoms with Crippen LogP contribution in [0.1, 0.15) is 20.8 Å². The molecule has 0 aliphatic heterocycles. The van der Waals surface area contributed by atoms with E-state index in [1.54, 1.807) is 30.5 Å². The Morgan fingerprint density at radius 1 is 1.00 bits per heavy atom. The van der Waals surface area contributed by atoms with Crippen molar-refractivity contribution in [3.05, 3.63) is 66.0 Å². The van der Waals surface area contributed by atoms with Crippen LogP contribution in [0, 0.1) is 0 Å². The lowest BCUT2D eigenvalue weighted by atomic mass is 10.1. The van der Waals surface area contributed by atoms with E-state index in [1.807, 2.05) is 24.3 Å². The third kappa shape index (κ3) is 2.74. The van der Waals surface area contributed by atoms with Crippen LogP contribution in [0.15, 0.2) is 54.7 Å². The predicted molar refractivity (Wildman–Crippen MR) is 97.4 cm³/mol. The minimum Gasteiger partial charge on any atom is -0.324 e. The van der Waals surface area contributed by atoms with Crippen molar-refractivity contribution in [3.63, 3.8) is 0 Å². The Morgan fingerprint density at radius 2 is 1.81 bits per heavy atom. The fourth-order valence-corrected chi connectivity index (χ4v) is 2.73. The van der Waals surface area contributed by atoms with E-state index in [4.69, 9.17) is 5.84 Å². The highest BCUT2D eigenvalue weighted by Crippen LogP contribution is 2.19. The molecule has 2 amide bonds. The number of fused-ring (bicyclic) bond motifs is 2. The summed E-state index contributed by atoms with van der Waals surface area (Å²) in [5, 5.41) is 4.53. The molecule has 2 heterocycles. The second-order valence-electron chi connectivity index (χ2n) is 5.63. The fourth-order valence-electron chi connectivity index (χ4n) is 2.73. The number of nitrogen functional groups attached to an aromatic ring is 1. The molecule has 0 unspecified atom stereocenters. The standard InChI is InChI=1S/C18H14N6O2/c19-24-16(25)12-6-3-7-13-15(12)22-18(21-13)23-17(26)14-8-10-4-1-2-5-11(10)9-20-14/h1-9H,19H2,(H,24,25)(H2,21,22,23,26). The normalized spacial score (nSPS) is 10.8. The number of nitrogens with zero attached hydrogens (tertiary/aromatic N) is 2. The number of aromatic amines is 1. The number of aromatic nitrogens is 3. The van der Waals surface area contributed by atoms with Crippen LogP contribution in [0.25, 0.3) is 21.8 Å². The summed E-state index contributed by atoms with van der Waals surface area (Å²) in [4.78, 5) is 35.7. The Hall–Kier alpha value is -3.78. The Kier molecular flexibility index (Phi) is 3.79. The molecule has 0 radical (unpaired) electrons. The fraction of sp³-hybridized carbons (Fsp3) is 0. The molecule has 0 aliphatic rings. The van der Waals surface area contributed by atoms with Crippen molar-refractivity contribution >= 4 is 39.6 Å². The molecule has 2 aromatic heterocycles. The summed E-state index contributed by atoms with van der Waals surface area (Å²) < 4.78 is 0. The average Bonchev–Trinajstić information content (AvgIpc) is 3.09. The highest BCUT2D eigenvalue weighted by atomic mass is 16.2. The van der Waals surface area contributed by atoms with Crippen LogP contribution in [0.3, 0.4) is 0 Å². The molecule has 0 bridgehead atoms. The number of H-pyrrole nitrogens is 1. The van der Waals surface area contributed by atoms with E-state index in [0.29, 0.717) is 16.6 Å². The Bertz CT molecular complexity index is 1150.